The number of benzene rings is 1. The van der Waals surface area contributed by atoms with Crippen molar-refractivity contribution >= 4 is 38.4 Å². The molecule has 0 unspecified atom stereocenters. The van der Waals surface area contributed by atoms with E-state index in [4.69, 9.17) is 10.8 Å². The number of hydrogen-bond donors (Lipinski definition) is 3. The topological polar surface area (TPSA) is 100 Å². The quantitative estimate of drug-likeness (QED) is 0.631. The lowest BCUT2D eigenvalue weighted by atomic mass is 10.1. The van der Waals surface area contributed by atoms with Gasteiger partial charge in [0.1, 0.15) is 5.52 Å². The predicted molar refractivity (Wildman–Crippen MR) is 107 cm³/mol. The second kappa shape index (κ2) is 6.70. The molecular weight excluding hydrogens is 350 g/mol. The van der Waals surface area contributed by atoms with Crippen molar-refractivity contribution in [1.29, 1.82) is 0 Å². The molecule has 0 spiro atoms. The van der Waals surface area contributed by atoms with E-state index in [2.05, 4.69) is 18.0 Å². The average molecular weight is 375 g/mol. The minimum Gasteiger partial charge on any atom is -0.382 e. The summed E-state index contributed by atoms with van der Waals surface area (Å²) in [5.41, 5.74) is 8.88. The number of fused-ring (bicyclic) bond motifs is 3. The Hall–Kier alpha value is -1.87. The molecular formula is C18H25N5O2S. The number of aryl methyl sites for hydroxylation is 1. The number of nitrogens with two attached hydrogens (primary N) is 1. The number of nitrogens with zero attached hydrogens (tertiary/aromatic N) is 4. The van der Waals surface area contributed by atoms with Crippen molar-refractivity contribution in [3.8, 4) is 0 Å². The summed E-state index contributed by atoms with van der Waals surface area (Å²) in [7, 11) is -2.60. The zero-order valence-electron chi connectivity index (χ0n) is 14.9. The summed E-state index contributed by atoms with van der Waals surface area (Å²) < 4.78 is 24.2. The third-order valence-corrected chi connectivity index (χ3v) is 7.02. The van der Waals surface area contributed by atoms with Gasteiger partial charge >= 0.3 is 0 Å². The first-order valence-corrected chi connectivity index (χ1v) is 10.7. The first kappa shape index (κ1) is 17.5. The van der Waals surface area contributed by atoms with Crippen LogP contribution in [0.3, 0.4) is 0 Å². The first-order valence-electron chi connectivity index (χ1n) is 9.06. The van der Waals surface area contributed by atoms with Gasteiger partial charge < -0.3 is 5.73 Å². The van der Waals surface area contributed by atoms with Crippen molar-refractivity contribution in [3.05, 3.63) is 30.0 Å². The Balaban J connectivity index is 1.81. The van der Waals surface area contributed by atoms with E-state index < -0.39 is 10.8 Å². The number of nitrogen functional groups attached to an aromatic ring is 1. The van der Waals surface area contributed by atoms with Crippen LogP contribution in [-0.4, -0.2) is 47.0 Å². The number of pyridine rings is 1. The Morgan fingerprint density at radius 3 is 2.77 bits per heavy atom. The summed E-state index contributed by atoms with van der Waals surface area (Å²) in [6.45, 7) is 4.25. The molecule has 2 aromatic heterocycles. The van der Waals surface area contributed by atoms with E-state index >= 15 is 0 Å². The largest absolute Gasteiger partial charge is 0.382 e. The average Bonchev–Trinajstić information content (AvgIpc) is 3.14. The standard InChI is InChI=1S/C18H25N5O2S/c1-2-9-23-15(8-11-22-10-5-12-26(22,24)25)16-13-6-3-4-7-14(13)20-18(19)17(16)21-23/h3-4,6-7,24-25H,2,5,8-12H2,1H3,(H2,19,20). The fourth-order valence-corrected chi connectivity index (χ4v) is 5.35. The van der Waals surface area contributed by atoms with Crippen LogP contribution >= 0.6 is 10.8 Å². The van der Waals surface area contributed by atoms with E-state index in [0.29, 0.717) is 24.5 Å². The van der Waals surface area contributed by atoms with Gasteiger partial charge in [-0.15, -0.1) is 10.8 Å². The van der Waals surface area contributed by atoms with Gasteiger partial charge in [-0.1, -0.05) is 25.1 Å². The lowest BCUT2D eigenvalue weighted by Crippen LogP contribution is -2.26. The number of rotatable bonds is 5. The maximum Gasteiger partial charge on any atom is 0.152 e. The fraction of sp³-hybridized carbons (Fsp3) is 0.444. The summed E-state index contributed by atoms with van der Waals surface area (Å²) in [5, 5.41) is 6.81. The Kier molecular flexibility index (Phi) is 4.52. The number of para-hydroxylation sites is 1. The maximum atomic E-state index is 10.2. The van der Waals surface area contributed by atoms with E-state index in [-0.39, 0.29) is 0 Å². The molecule has 4 rings (SSSR count). The second-order valence-electron chi connectivity index (χ2n) is 6.78. The van der Waals surface area contributed by atoms with Gasteiger partial charge in [0.15, 0.2) is 5.82 Å². The maximum absolute atomic E-state index is 10.2. The molecule has 3 aromatic rings. The molecule has 1 saturated heterocycles. The third kappa shape index (κ3) is 2.92. The summed E-state index contributed by atoms with van der Waals surface area (Å²) in [4.78, 5) is 4.49. The molecule has 140 valence electrons. The summed E-state index contributed by atoms with van der Waals surface area (Å²) >= 11 is 0. The van der Waals surface area contributed by atoms with Gasteiger partial charge in [0.2, 0.25) is 0 Å². The number of anilines is 1. The normalized spacial score (nSPS) is 18.7. The van der Waals surface area contributed by atoms with Crippen molar-refractivity contribution in [3.63, 3.8) is 0 Å². The highest BCUT2D eigenvalue weighted by molar-refractivity contribution is 8.22. The van der Waals surface area contributed by atoms with Crippen LogP contribution in [0.5, 0.6) is 0 Å². The van der Waals surface area contributed by atoms with Gasteiger partial charge in [-0.2, -0.15) is 5.10 Å². The molecule has 3 heterocycles. The molecule has 0 atom stereocenters. The Morgan fingerprint density at radius 2 is 2.04 bits per heavy atom. The van der Waals surface area contributed by atoms with Crippen molar-refractivity contribution in [2.75, 3.05) is 24.6 Å². The molecule has 0 bridgehead atoms. The lowest BCUT2D eigenvalue weighted by molar-refractivity contribution is 0.377. The van der Waals surface area contributed by atoms with Crippen LogP contribution in [-0.2, 0) is 13.0 Å². The zero-order valence-corrected chi connectivity index (χ0v) is 15.7. The fourth-order valence-electron chi connectivity index (χ4n) is 3.77. The van der Waals surface area contributed by atoms with Crippen molar-refractivity contribution in [1.82, 2.24) is 19.1 Å². The van der Waals surface area contributed by atoms with Crippen molar-refractivity contribution < 1.29 is 9.11 Å². The van der Waals surface area contributed by atoms with Crippen LogP contribution in [0.15, 0.2) is 24.3 Å². The minimum absolute atomic E-state index is 0.445. The Morgan fingerprint density at radius 1 is 1.23 bits per heavy atom. The summed E-state index contributed by atoms with van der Waals surface area (Å²) in [5.74, 6) is 0.919. The van der Waals surface area contributed by atoms with Crippen LogP contribution < -0.4 is 5.73 Å². The van der Waals surface area contributed by atoms with Crippen molar-refractivity contribution in [2.24, 2.45) is 0 Å². The zero-order chi connectivity index (χ0) is 18.3. The van der Waals surface area contributed by atoms with E-state index in [1.54, 1.807) is 0 Å². The van der Waals surface area contributed by atoms with Crippen LogP contribution in [0.1, 0.15) is 25.5 Å². The van der Waals surface area contributed by atoms with Gasteiger partial charge in [0.25, 0.3) is 0 Å². The lowest BCUT2D eigenvalue weighted by Gasteiger charge is -2.36. The van der Waals surface area contributed by atoms with Gasteiger partial charge in [-0.05, 0) is 18.9 Å². The van der Waals surface area contributed by atoms with Gasteiger partial charge in [0.05, 0.1) is 11.3 Å². The van der Waals surface area contributed by atoms with Crippen LogP contribution in [0.4, 0.5) is 5.82 Å². The number of aromatic nitrogens is 3. The molecule has 0 aliphatic carbocycles. The van der Waals surface area contributed by atoms with Crippen LogP contribution in [0.25, 0.3) is 21.8 Å². The molecule has 8 heteroatoms. The number of hydrogen-bond acceptors (Lipinski definition) is 6. The molecule has 1 aliphatic heterocycles. The minimum atomic E-state index is -2.60. The molecule has 26 heavy (non-hydrogen) atoms. The molecule has 0 saturated carbocycles. The van der Waals surface area contributed by atoms with E-state index in [1.165, 1.54) is 0 Å². The highest BCUT2D eigenvalue weighted by Crippen LogP contribution is 2.48. The molecule has 7 nitrogen and oxygen atoms in total. The highest BCUT2D eigenvalue weighted by atomic mass is 32.3. The predicted octanol–water partition coefficient (Wildman–Crippen LogP) is 3.49. The summed E-state index contributed by atoms with van der Waals surface area (Å²) in [6, 6.07) is 7.96. The van der Waals surface area contributed by atoms with Gasteiger partial charge in [0, 0.05) is 42.5 Å². The van der Waals surface area contributed by atoms with Gasteiger partial charge in [-0.25, -0.2) is 9.29 Å². The second-order valence-corrected chi connectivity index (χ2v) is 8.97. The van der Waals surface area contributed by atoms with E-state index in [9.17, 15) is 9.11 Å². The van der Waals surface area contributed by atoms with Crippen LogP contribution in [0.2, 0.25) is 0 Å². The van der Waals surface area contributed by atoms with Crippen molar-refractivity contribution in [2.45, 2.75) is 32.7 Å². The summed E-state index contributed by atoms with van der Waals surface area (Å²) in [6.07, 6.45) is 2.49. The van der Waals surface area contributed by atoms with Gasteiger partial charge in [-0.3, -0.25) is 13.8 Å². The SMILES string of the molecule is CCCn1nc2c(N)nc3ccccc3c2c1CCN1CCCS1(O)O. The molecule has 1 aromatic carbocycles. The molecule has 1 aliphatic rings. The molecule has 4 N–H and O–H groups in total. The first-order chi connectivity index (χ1) is 12.5. The Labute approximate surface area is 154 Å². The third-order valence-electron chi connectivity index (χ3n) is 4.99. The molecule has 1 fully saturated rings. The van der Waals surface area contributed by atoms with E-state index in [0.717, 1.165) is 53.4 Å². The molecule has 0 amide bonds. The highest BCUT2D eigenvalue weighted by Gasteiger charge is 2.29. The monoisotopic (exact) mass is 375 g/mol. The van der Waals surface area contributed by atoms with E-state index in [1.807, 2.05) is 27.2 Å². The van der Waals surface area contributed by atoms with Crippen LogP contribution in [0, 0.1) is 0 Å². The smallest absolute Gasteiger partial charge is 0.152 e. The molecule has 0 radical (unpaired) electrons. The Bertz CT molecular complexity index is 956.